The van der Waals surface area contributed by atoms with E-state index in [0.717, 1.165) is 19.4 Å². The highest BCUT2D eigenvalue weighted by Gasteiger charge is 2.00. The summed E-state index contributed by atoms with van der Waals surface area (Å²) in [6.07, 6.45) is 1.99. The summed E-state index contributed by atoms with van der Waals surface area (Å²) in [4.78, 5) is 0. The largest absolute Gasteiger partial charge is 0.343 e. The maximum atomic E-state index is 5.25. The molecule has 0 aromatic rings. The molecule has 10 heavy (non-hydrogen) atoms. The summed E-state index contributed by atoms with van der Waals surface area (Å²) >= 11 is 0. The van der Waals surface area contributed by atoms with Gasteiger partial charge in [0, 0.05) is 7.11 Å². The van der Waals surface area contributed by atoms with E-state index >= 15 is 0 Å². The third-order valence-corrected chi connectivity index (χ3v) is 1.22. The molecule has 1 N–H and O–H groups in total. The van der Waals surface area contributed by atoms with Gasteiger partial charge in [0.25, 0.3) is 0 Å². The van der Waals surface area contributed by atoms with E-state index in [1.807, 2.05) is 0 Å². The number of rotatable bonds is 6. The fourth-order valence-electron chi connectivity index (χ4n) is 0.604. The minimum absolute atomic E-state index is 0.244. The van der Waals surface area contributed by atoms with Crippen LogP contribution in [0, 0.1) is 0 Å². The predicted octanol–water partition coefficient (Wildman–Crippen LogP) is 0.952. The van der Waals surface area contributed by atoms with Crippen LogP contribution in [-0.4, -0.2) is 27.2 Å². The van der Waals surface area contributed by atoms with Gasteiger partial charge >= 0.3 is 0 Å². The maximum absolute atomic E-state index is 5.25. The Labute approximate surface area is 62.7 Å². The van der Waals surface area contributed by atoms with Crippen LogP contribution in [0.2, 0.25) is 0 Å². The van der Waals surface area contributed by atoms with Crippen molar-refractivity contribution in [2.75, 3.05) is 20.8 Å². The van der Waals surface area contributed by atoms with E-state index < -0.39 is 0 Å². The Morgan fingerprint density at radius 3 is 2.60 bits per heavy atom. The Kier molecular flexibility index (Phi) is 6.91. The molecule has 62 valence electrons. The first-order valence-corrected chi connectivity index (χ1v) is 3.66. The first-order valence-electron chi connectivity index (χ1n) is 3.66. The first kappa shape index (κ1) is 9.88. The number of ether oxygens (including phenoxy) is 2. The van der Waals surface area contributed by atoms with Crippen LogP contribution in [0.15, 0.2) is 0 Å². The normalized spacial score (nSPS) is 13.5. The minimum atomic E-state index is -0.244. The van der Waals surface area contributed by atoms with Gasteiger partial charge in [-0.05, 0) is 13.5 Å². The summed E-state index contributed by atoms with van der Waals surface area (Å²) in [7, 11) is 3.42. The lowest BCUT2D eigenvalue weighted by atomic mass is 10.4. The molecule has 0 rings (SSSR count). The SMILES string of the molecule is CCCCOC(NC)OC. The van der Waals surface area contributed by atoms with Crippen molar-refractivity contribution in [3.8, 4) is 0 Å². The smallest absolute Gasteiger partial charge is 0.215 e. The molecule has 0 aliphatic carbocycles. The summed E-state index contributed by atoms with van der Waals surface area (Å²) in [6, 6.07) is 0. The van der Waals surface area contributed by atoms with Crippen molar-refractivity contribution in [3.05, 3.63) is 0 Å². The molecule has 0 aliphatic heterocycles. The molecule has 0 fully saturated rings. The van der Waals surface area contributed by atoms with Gasteiger partial charge in [0.05, 0.1) is 6.61 Å². The van der Waals surface area contributed by atoms with Gasteiger partial charge in [-0.15, -0.1) is 0 Å². The Bertz CT molecular complexity index is 64.6. The molecule has 0 bridgehead atoms. The standard InChI is InChI=1S/C7H17NO2/c1-4-5-6-10-7(8-2)9-3/h7-8H,4-6H2,1-3H3. The van der Waals surface area contributed by atoms with E-state index in [1.54, 1.807) is 14.2 Å². The highest BCUT2D eigenvalue weighted by Crippen LogP contribution is 1.92. The van der Waals surface area contributed by atoms with Crippen molar-refractivity contribution in [2.45, 2.75) is 26.2 Å². The third-order valence-electron chi connectivity index (χ3n) is 1.22. The fraction of sp³-hybridized carbons (Fsp3) is 1.00. The van der Waals surface area contributed by atoms with Crippen molar-refractivity contribution >= 4 is 0 Å². The van der Waals surface area contributed by atoms with E-state index in [4.69, 9.17) is 9.47 Å². The lowest BCUT2D eigenvalue weighted by Gasteiger charge is -2.13. The van der Waals surface area contributed by atoms with E-state index in [1.165, 1.54) is 0 Å². The molecule has 0 aromatic carbocycles. The Morgan fingerprint density at radius 1 is 1.50 bits per heavy atom. The molecule has 0 spiro atoms. The van der Waals surface area contributed by atoms with E-state index in [0.29, 0.717) is 0 Å². The summed E-state index contributed by atoms with van der Waals surface area (Å²) in [5, 5.41) is 2.87. The van der Waals surface area contributed by atoms with Gasteiger partial charge in [-0.1, -0.05) is 13.3 Å². The van der Waals surface area contributed by atoms with Crippen LogP contribution >= 0.6 is 0 Å². The zero-order chi connectivity index (χ0) is 7.82. The molecular formula is C7H17NO2. The van der Waals surface area contributed by atoms with Gasteiger partial charge in [-0.2, -0.15) is 0 Å². The lowest BCUT2D eigenvalue weighted by Crippen LogP contribution is -2.30. The Hall–Kier alpha value is -0.120. The molecule has 1 atom stereocenters. The Balaban J connectivity index is 3.09. The molecule has 0 saturated heterocycles. The monoisotopic (exact) mass is 147 g/mol. The number of hydrogen-bond donors (Lipinski definition) is 1. The summed E-state index contributed by atoms with van der Waals surface area (Å²) < 4.78 is 10.2. The van der Waals surface area contributed by atoms with Crippen molar-refractivity contribution in [2.24, 2.45) is 0 Å². The van der Waals surface area contributed by atoms with Crippen LogP contribution in [0.3, 0.4) is 0 Å². The summed E-state index contributed by atoms with van der Waals surface area (Å²) in [5.74, 6) is 0. The van der Waals surface area contributed by atoms with E-state index in [9.17, 15) is 0 Å². The topological polar surface area (TPSA) is 30.5 Å². The highest BCUT2D eigenvalue weighted by atomic mass is 16.7. The third kappa shape index (κ3) is 4.73. The molecule has 3 heteroatoms. The van der Waals surface area contributed by atoms with Crippen molar-refractivity contribution in [1.29, 1.82) is 0 Å². The zero-order valence-corrected chi connectivity index (χ0v) is 7.02. The summed E-state index contributed by atoms with van der Waals surface area (Å²) in [6.45, 7) is 2.89. The van der Waals surface area contributed by atoms with Crippen molar-refractivity contribution in [3.63, 3.8) is 0 Å². The van der Waals surface area contributed by atoms with Crippen LogP contribution in [0.4, 0.5) is 0 Å². The predicted molar refractivity (Wildman–Crippen MR) is 40.7 cm³/mol. The van der Waals surface area contributed by atoms with Gasteiger partial charge in [-0.3, -0.25) is 5.32 Å². The van der Waals surface area contributed by atoms with Gasteiger partial charge < -0.3 is 9.47 Å². The molecule has 0 aliphatic rings. The maximum Gasteiger partial charge on any atom is 0.215 e. The molecule has 0 aromatic heterocycles. The molecular weight excluding hydrogens is 130 g/mol. The number of hydrogen-bond acceptors (Lipinski definition) is 3. The van der Waals surface area contributed by atoms with Gasteiger partial charge in [0.15, 0.2) is 0 Å². The van der Waals surface area contributed by atoms with Gasteiger partial charge in [0.2, 0.25) is 6.41 Å². The number of nitrogens with one attached hydrogen (secondary N) is 1. The average molecular weight is 147 g/mol. The minimum Gasteiger partial charge on any atom is -0.343 e. The van der Waals surface area contributed by atoms with Crippen LogP contribution in [0.25, 0.3) is 0 Å². The first-order chi connectivity index (χ1) is 4.85. The molecule has 0 heterocycles. The zero-order valence-electron chi connectivity index (χ0n) is 7.02. The Morgan fingerprint density at radius 2 is 2.20 bits per heavy atom. The van der Waals surface area contributed by atoms with Crippen LogP contribution < -0.4 is 5.32 Å². The van der Waals surface area contributed by atoms with Crippen molar-refractivity contribution in [1.82, 2.24) is 5.32 Å². The fourth-order valence-corrected chi connectivity index (χ4v) is 0.604. The highest BCUT2D eigenvalue weighted by molar-refractivity contribution is 4.35. The van der Waals surface area contributed by atoms with Crippen molar-refractivity contribution < 1.29 is 9.47 Å². The molecule has 1 unspecified atom stereocenters. The molecule has 0 radical (unpaired) electrons. The average Bonchev–Trinajstić information content (AvgIpc) is 1.99. The van der Waals surface area contributed by atoms with Crippen LogP contribution in [-0.2, 0) is 9.47 Å². The van der Waals surface area contributed by atoms with E-state index in [2.05, 4.69) is 12.2 Å². The van der Waals surface area contributed by atoms with E-state index in [-0.39, 0.29) is 6.41 Å². The second kappa shape index (κ2) is 6.99. The van der Waals surface area contributed by atoms with Crippen LogP contribution in [0.5, 0.6) is 0 Å². The number of unbranched alkanes of at least 4 members (excludes halogenated alkanes) is 1. The van der Waals surface area contributed by atoms with Crippen LogP contribution in [0.1, 0.15) is 19.8 Å². The van der Waals surface area contributed by atoms with Gasteiger partial charge in [-0.25, -0.2) is 0 Å². The second-order valence-corrected chi connectivity index (χ2v) is 2.08. The number of methoxy groups -OCH3 is 1. The van der Waals surface area contributed by atoms with Gasteiger partial charge in [0.1, 0.15) is 0 Å². The second-order valence-electron chi connectivity index (χ2n) is 2.08. The quantitative estimate of drug-likeness (QED) is 0.448. The molecule has 0 saturated carbocycles. The molecule has 0 amide bonds. The lowest BCUT2D eigenvalue weighted by molar-refractivity contribution is -0.139. The summed E-state index contributed by atoms with van der Waals surface area (Å²) in [5.41, 5.74) is 0. The molecule has 3 nitrogen and oxygen atoms in total.